The molecule has 1 aliphatic heterocycles. The average molecular weight is 332 g/mol. The van der Waals surface area contributed by atoms with E-state index in [1.807, 2.05) is 18.2 Å². The molecule has 1 aromatic heterocycles. The van der Waals surface area contributed by atoms with Crippen molar-refractivity contribution in [3.05, 3.63) is 45.4 Å². The van der Waals surface area contributed by atoms with Crippen LogP contribution in [-0.4, -0.2) is 42.1 Å². The Labute approximate surface area is 139 Å². The molecule has 0 bridgehead atoms. The van der Waals surface area contributed by atoms with Crippen molar-refractivity contribution in [1.29, 1.82) is 0 Å². The number of aromatic nitrogens is 1. The third kappa shape index (κ3) is 3.89. The number of amides is 1. The van der Waals surface area contributed by atoms with Crippen LogP contribution in [0.1, 0.15) is 26.6 Å². The van der Waals surface area contributed by atoms with E-state index in [1.165, 1.54) is 22.5 Å². The summed E-state index contributed by atoms with van der Waals surface area (Å²) in [5.41, 5.74) is 2.94. The van der Waals surface area contributed by atoms with Gasteiger partial charge in [-0.2, -0.15) is 0 Å². The molecule has 5 nitrogen and oxygen atoms in total. The highest BCUT2D eigenvalue weighted by Crippen LogP contribution is 2.19. The van der Waals surface area contributed by atoms with Gasteiger partial charge in [0.15, 0.2) is 0 Å². The summed E-state index contributed by atoms with van der Waals surface area (Å²) in [6.07, 6.45) is 0. The SMILES string of the molecule is Cc1ccc(OCc2nc(C(=O)N3CCOCC3)cs2)cc1C. The van der Waals surface area contributed by atoms with Crippen LogP contribution in [-0.2, 0) is 11.3 Å². The molecule has 0 N–H and O–H groups in total. The van der Waals surface area contributed by atoms with Crippen LogP contribution in [0, 0.1) is 13.8 Å². The van der Waals surface area contributed by atoms with E-state index in [2.05, 4.69) is 18.8 Å². The summed E-state index contributed by atoms with van der Waals surface area (Å²) in [4.78, 5) is 18.5. The highest BCUT2D eigenvalue weighted by molar-refractivity contribution is 7.09. The predicted octanol–water partition coefficient (Wildman–Crippen LogP) is 2.81. The molecule has 0 aliphatic carbocycles. The van der Waals surface area contributed by atoms with Gasteiger partial charge >= 0.3 is 0 Å². The second-order valence-corrected chi connectivity index (χ2v) is 6.51. The lowest BCUT2D eigenvalue weighted by Gasteiger charge is -2.25. The standard InChI is InChI=1S/C17H20N2O3S/c1-12-3-4-14(9-13(12)2)22-10-16-18-15(11-23-16)17(20)19-5-7-21-8-6-19/h3-4,9,11H,5-8,10H2,1-2H3. The number of thiazole rings is 1. The van der Waals surface area contributed by atoms with Gasteiger partial charge in [-0.25, -0.2) is 4.98 Å². The normalized spacial score (nSPS) is 14.8. The Morgan fingerprint density at radius 2 is 2.09 bits per heavy atom. The first-order valence-electron chi connectivity index (χ1n) is 7.65. The molecule has 23 heavy (non-hydrogen) atoms. The lowest BCUT2D eigenvalue weighted by atomic mass is 10.1. The van der Waals surface area contributed by atoms with Crippen molar-refractivity contribution in [2.75, 3.05) is 26.3 Å². The number of carbonyl (C=O) groups excluding carboxylic acids is 1. The number of hydrogen-bond acceptors (Lipinski definition) is 5. The van der Waals surface area contributed by atoms with Crippen molar-refractivity contribution in [2.45, 2.75) is 20.5 Å². The van der Waals surface area contributed by atoms with Crippen molar-refractivity contribution in [2.24, 2.45) is 0 Å². The molecule has 0 spiro atoms. The van der Waals surface area contributed by atoms with E-state index in [9.17, 15) is 4.79 Å². The van der Waals surface area contributed by atoms with Gasteiger partial charge in [0.2, 0.25) is 0 Å². The molecule has 1 fully saturated rings. The molecule has 0 atom stereocenters. The van der Waals surface area contributed by atoms with E-state index in [4.69, 9.17) is 9.47 Å². The van der Waals surface area contributed by atoms with Crippen molar-refractivity contribution in [3.63, 3.8) is 0 Å². The number of aryl methyl sites for hydroxylation is 2. The van der Waals surface area contributed by atoms with Crippen LogP contribution >= 0.6 is 11.3 Å². The van der Waals surface area contributed by atoms with Crippen LogP contribution < -0.4 is 4.74 Å². The van der Waals surface area contributed by atoms with Gasteiger partial charge in [0.1, 0.15) is 23.1 Å². The lowest BCUT2D eigenvalue weighted by Crippen LogP contribution is -2.40. The quantitative estimate of drug-likeness (QED) is 0.864. The molecule has 0 saturated carbocycles. The van der Waals surface area contributed by atoms with Gasteiger partial charge in [0.25, 0.3) is 5.91 Å². The maximum Gasteiger partial charge on any atom is 0.273 e. The molecule has 1 aromatic carbocycles. The molecule has 1 amide bonds. The summed E-state index contributed by atoms with van der Waals surface area (Å²) in [5.74, 6) is 0.798. The molecule has 6 heteroatoms. The number of ether oxygens (including phenoxy) is 2. The van der Waals surface area contributed by atoms with Crippen LogP contribution in [0.3, 0.4) is 0 Å². The summed E-state index contributed by atoms with van der Waals surface area (Å²) in [5, 5.41) is 2.61. The van der Waals surface area contributed by atoms with Gasteiger partial charge in [-0.1, -0.05) is 6.07 Å². The van der Waals surface area contributed by atoms with Gasteiger partial charge in [-0.15, -0.1) is 11.3 Å². The Balaban J connectivity index is 1.60. The summed E-state index contributed by atoms with van der Waals surface area (Å²) in [6, 6.07) is 6.01. The Bertz CT molecular complexity index is 693. The second kappa shape index (κ2) is 7.10. The van der Waals surface area contributed by atoms with Gasteiger partial charge in [-0.3, -0.25) is 4.79 Å². The molecule has 3 rings (SSSR count). The monoisotopic (exact) mass is 332 g/mol. The van der Waals surface area contributed by atoms with E-state index >= 15 is 0 Å². The fourth-order valence-corrected chi connectivity index (χ4v) is 3.03. The van der Waals surface area contributed by atoms with E-state index in [0.717, 1.165) is 10.8 Å². The van der Waals surface area contributed by atoms with Crippen LogP contribution in [0.2, 0.25) is 0 Å². The maximum absolute atomic E-state index is 12.3. The minimum absolute atomic E-state index is 0.0259. The lowest BCUT2D eigenvalue weighted by molar-refractivity contribution is 0.0299. The number of morpholine rings is 1. The topological polar surface area (TPSA) is 51.7 Å². The zero-order valence-corrected chi connectivity index (χ0v) is 14.2. The van der Waals surface area contributed by atoms with Crippen molar-refractivity contribution < 1.29 is 14.3 Å². The third-order valence-electron chi connectivity index (χ3n) is 3.91. The van der Waals surface area contributed by atoms with Crippen molar-refractivity contribution in [1.82, 2.24) is 9.88 Å². The zero-order chi connectivity index (χ0) is 16.2. The van der Waals surface area contributed by atoms with Gasteiger partial charge < -0.3 is 14.4 Å². The number of carbonyl (C=O) groups is 1. The summed E-state index contributed by atoms with van der Waals surface area (Å²) in [6.45, 7) is 6.96. The first-order chi connectivity index (χ1) is 11.1. The molecule has 1 saturated heterocycles. The highest BCUT2D eigenvalue weighted by Gasteiger charge is 2.20. The van der Waals surface area contributed by atoms with Crippen LogP contribution in [0.5, 0.6) is 5.75 Å². The molecular weight excluding hydrogens is 312 g/mol. The molecule has 0 radical (unpaired) electrons. The Hall–Kier alpha value is -1.92. The molecule has 122 valence electrons. The summed E-state index contributed by atoms with van der Waals surface area (Å²) >= 11 is 1.45. The van der Waals surface area contributed by atoms with Gasteiger partial charge in [0.05, 0.1) is 13.2 Å². The number of rotatable bonds is 4. The molecule has 2 heterocycles. The van der Waals surface area contributed by atoms with Crippen molar-refractivity contribution >= 4 is 17.2 Å². The second-order valence-electron chi connectivity index (χ2n) is 5.57. The third-order valence-corrected chi connectivity index (χ3v) is 4.73. The largest absolute Gasteiger partial charge is 0.486 e. The highest BCUT2D eigenvalue weighted by atomic mass is 32.1. The average Bonchev–Trinajstić information content (AvgIpc) is 3.05. The van der Waals surface area contributed by atoms with E-state index in [0.29, 0.717) is 38.6 Å². The smallest absolute Gasteiger partial charge is 0.273 e. The van der Waals surface area contributed by atoms with E-state index < -0.39 is 0 Å². The number of benzene rings is 1. The molecule has 2 aromatic rings. The van der Waals surface area contributed by atoms with Crippen LogP contribution in [0.25, 0.3) is 0 Å². The molecule has 0 unspecified atom stereocenters. The Morgan fingerprint density at radius 1 is 1.30 bits per heavy atom. The predicted molar refractivity (Wildman–Crippen MR) is 89.1 cm³/mol. The van der Waals surface area contributed by atoms with Crippen molar-refractivity contribution in [3.8, 4) is 5.75 Å². The van der Waals surface area contributed by atoms with Crippen LogP contribution in [0.15, 0.2) is 23.6 Å². The van der Waals surface area contributed by atoms with E-state index in [1.54, 1.807) is 10.3 Å². The minimum atomic E-state index is -0.0259. The fraction of sp³-hybridized carbons (Fsp3) is 0.412. The first-order valence-corrected chi connectivity index (χ1v) is 8.53. The molecular formula is C17H20N2O3S. The van der Waals surface area contributed by atoms with E-state index in [-0.39, 0.29) is 5.91 Å². The number of hydrogen-bond donors (Lipinski definition) is 0. The zero-order valence-electron chi connectivity index (χ0n) is 13.4. The maximum atomic E-state index is 12.3. The molecule has 1 aliphatic rings. The Morgan fingerprint density at radius 3 is 2.83 bits per heavy atom. The van der Waals surface area contributed by atoms with Gasteiger partial charge in [-0.05, 0) is 37.1 Å². The van der Waals surface area contributed by atoms with Gasteiger partial charge in [0, 0.05) is 18.5 Å². The minimum Gasteiger partial charge on any atom is -0.486 e. The van der Waals surface area contributed by atoms with Crippen LogP contribution in [0.4, 0.5) is 0 Å². The summed E-state index contributed by atoms with van der Waals surface area (Å²) < 4.78 is 11.0. The fourth-order valence-electron chi connectivity index (χ4n) is 2.35. The first kappa shape index (κ1) is 16.0. The number of nitrogens with zero attached hydrogens (tertiary/aromatic N) is 2. The summed E-state index contributed by atoms with van der Waals surface area (Å²) in [7, 11) is 0. The Kier molecular flexibility index (Phi) is 4.93.